The molecule has 0 bridgehead atoms. The van der Waals surface area contributed by atoms with Crippen LogP contribution >= 0.6 is 11.3 Å². The Morgan fingerprint density at radius 1 is 0.362 bits per heavy atom. The van der Waals surface area contributed by atoms with Crippen LogP contribution in [0.15, 0.2) is 164 Å². The Labute approximate surface area is 276 Å². The zero-order valence-electron chi connectivity index (χ0n) is 25.3. The number of nitrogens with zero attached hydrogens (tertiary/aromatic N) is 3. The van der Waals surface area contributed by atoms with Crippen molar-refractivity contribution < 1.29 is 0 Å². The zero-order valence-corrected chi connectivity index (χ0v) is 26.2. The molecule has 0 aliphatic heterocycles. The smallest absolute Gasteiger partial charge is 0.164 e. The number of thiophene rings is 1. The van der Waals surface area contributed by atoms with E-state index in [9.17, 15) is 0 Å². The van der Waals surface area contributed by atoms with Crippen LogP contribution < -0.4 is 0 Å². The van der Waals surface area contributed by atoms with Crippen molar-refractivity contribution >= 4 is 42.3 Å². The fourth-order valence-corrected chi connectivity index (χ4v) is 7.70. The van der Waals surface area contributed by atoms with Crippen molar-refractivity contribution in [1.82, 2.24) is 15.0 Å². The van der Waals surface area contributed by atoms with Gasteiger partial charge < -0.3 is 0 Å². The van der Waals surface area contributed by atoms with Gasteiger partial charge in [-0.25, -0.2) is 15.0 Å². The normalized spacial score (nSPS) is 11.4. The monoisotopic (exact) mass is 617 g/mol. The second kappa shape index (κ2) is 11.4. The largest absolute Gasteiger partial charge is 0.208 e. The highest BCUT2D eigenvalue weighted by Gasteiger charge is 2.15. The van der Waals surface area contributed by atoms with Crippen LogP contribution in [0.3, 0.4) is 0 Å². The topological polar surface area (TPSA) is 38.7 Å². The third kappa shape index (κ3) is 4.96. The minimum Gasteiger partial charge on any atom is -0.208 e. The lowest BCUT2D eigenvalue weighted by Gasteiger charge is -2.11. The highest BCUT2D eigenvalue weighted by molar-refractivity contribution is 7.26. The van der Waals surface area contributed by atoms with Crippen molar-refractivity contribution in [2.75, 3.05) is 0 Å². The predicted octanol–water partition coefficient (Wildman–Crippen LogP) is 11.7. The molecule has 0 atom stereocenters. The first kappa shape index (κ1) is 27.3. The third-order valence-electron chi connectivity index (χ3n) is 8.71. The molecule has 0 N–H and O–H groups in total. The van der Waals surface area contributed by atoms with Crippen molar-refractivity contribution in [2.45, 2.75) is 0 Å². The summed E-state index contributed by atoms with van der Waals surface area (Å²) in [6, 6.07) is 57.4. The van der Waals surface area contributed by atoms with Crippen LogP contribution in [0.1, 0.15) is 0 Å². The number of hydrogen-bond donors (Lipinski definition) is 0. The molecule has 0 saturated carbocycles. The summed E-state index contributed by atoms with van der Waals surface area (Å²) >= 11 is 1.88. The quantitative estimate of drug-likeness (QED) is 0.193. The summed E-state index contributed by atoms with van der Waals surface area (Å²) in [6.07, 6.45) is 0. The van der Waals surface area contributed by atoms with Crippen molar-refractivity contribution in [3.05, 3.63) is 164 Å². The average Bonchev–Trinajstić information content (AvgIpc) is 3.55. The Morgan fingerprint density at radius 3 is 1.60 bits per heavy atom. The van der Waals surface area contributed by atoms with Gasteiger partial charge in [-0.2, -0.15) is 0 Å². The fourth-order valence-electron chi connectivity index (χ4n) is 6.44. The molecule has 0 saturated heterocycles. The molecule has 0 radical (unpaired) electrons. The first-order valence-electron chi connectivity index (χ1n) is 15.7. The Hall–Kier alpha value is -5.97. The van der Waals surface area contributed by atoms with E-state index in [4.69, 9.17) is 15.0 Å². The standard InChI is InChI=1S/C43H27N3S/c1-3-13-29(14-4-1)41-44-42(30-15-5-2-6-16-30)46-43(45-41)34-20-10-18-32(27-34)31-17-9-19-33(26-31)35-22-11-23-38-39(35)37-25-24-28-12-7-8-21-36(28)40(37)47-38/h1-27H. The fraction of sp³-hybridized carbons (Fsp3) is 0. The van der Waals surface area contributed by atoms with E-state index in [1.54, 1.807) is 0 Å². The van der Waals surface area contributed by atoms with Gasteiger partial charge in [0.05, 0.1) is 0 Å². The molecule has 9 rings (SSSR count). The lowest BCUT2D eigenvalue weighted by molar-refractivity contribution is 1.07. The Bertz CT molecular complexity index is 2510. The molecule has 220 valence electrons. The summed E-state index contributed by atoms with van der Waals surface area (Å²) < 4.78 is 2.65. The first-order chi connectivity index (χ1) is 23.3. The molecule has 4 heteroatoms. The maximum atomic E-state index is 4.96. The molecule has 0 unspecified atom stereocenters. The molecule has 9 aromatic rings. The van der Waals surface area contributed by atoms with E-state index < -0.39 is 0 Å². The van der Waals surface area contributed by atoms with Gasteiger partial charge in [-0.1, -0.05) is 146 Å². The van der Waals surface area contributed by atoms with E-state index in [0.29, 0.717) is 17.5 Å². The predicted molar refractivity (Wildman–Crippen MR) is 197 cm³/mol. The van der Waals surface area contributed by atoms with Gasteiger partial charge in [-0.15, -0.1) is 11.3 Å². The van der Waals surface area contributed by atoms with E-state index >= 15 is 0 Å². The number of hydrogen-bond acceptors (Lipinski definition) is 4. The van der Waals surface area contributed by atoms with Gasteiger partial charge in [-0.05, 0) is 51.2 Å². The molecule has 47 heavy (non-hydrogen) atoms. The van der Waals surface area contributed by atoms with E-state index in [0.717, 1.165) is 27.8 Å². The van der Waals surface area contributed by atoms with Crippen molar-refractivity contribution in [1.29, 1.82) is 0 Å². The highest BCUT2D eigenvalue weighted by atomic mass is 32.1. The second-order valence-electron chi connectivity index (χ2n) is 11.6. The summed E-state index contributed by atoms with van der Waals surface area (Å²) in [4.78, 5) is 14.8. The maximum Gasteiger partial charge on any atom is 0.164 e. The van der Waals surface area contributed by atoms with Crippen molar-refractivity contribution in [3.63, 3.8) is 0 Å². The van der Waals surface area contributed by atoms with Crippen molar-refractivity contribution in [2.24, 2.45) is 0 Å². The second-order valence-corrected chi connectivity index (χ2v) is 12.7. The SMILES string of the molecule is c1ccc(-c2nc(-c3ccccc3)nc(-c3cccc(-c4cccc(-c5cccc6sc7c8ccccc8ccc7c56)c4)c3)n2)cc1. The van der Waals surface area contributed by atoms with Gasteiger partial charge in [0.1, 0.15) is 0 Å². The van der Waals surface area contributed by atoms with E-state index in [1.807, 2.05) is 72.0 Å². The lowest BCUT2D eigenvalue weighted by Crippen LogP contribution is -2.00. The molecule has 0 spiro atoms. The summed E-state index contributed by atoms with van der Waals surface area (Å²) in [7, 11) is 0. The minimum atomic E-state index is 0.650. The Balaban J connectivity index is 1.15. The zero-order chi connectivity index (χ0) is 31.2. The van der Waals surface area contributed by atoms with Crippen molar-refractivity contribution in [3.8, 4) is 56.4 Å². The van der Waals surface area contributed by atoms with Crippen LogP contribution in [0.4, 0.5) is 0 Å². The summed E-state index contributed by atoms with van der Waals surface area (Å²) in [5.74, 6) is 1.97. The molecular formula is C43H27N3S. The highest BCUT2D eigenvalue weighted by Crippen LogP contribution is 2.43. The molecule has 0 aliphatic rings. The van der Waals surface area contributed by atoms with E-state index in [2.05, 4.69) is 103 Å². The summed E-state index contributed by atoms with van der Waals surface area (Å²) in [5.41, 5.74) is 7.57. The van der Waals surface area contributed by atoms with Crippen LogP contribution in [0.25, 0.3) is 87.4 Å². The van der Waals surface area contributed by atoms with Crippen LogP contribution in [-0.4, -0.2) is 15.0 Å². The van der Waals surface area contributed by atoms with Gasteiger partial charge in [0.15, 0.2) is 17.5 Å². The molecule has 7 aromatic carbocycles. The number of rotatable bonds is 5. The first-order valence-corrected chi connectivity index (χ1v) is 16.5. The van der Waals surface area contributed by atoms with E-state index in [-0.39, 0.29) is 0 Å². The number of aromatic nitrogens is 3. The number of benzene rings is 7. The molecule has 2 heterocycles. The van der Waals surface area contributed by atoms with Gasteiger partial charge in [0.2, 0.25) is 0 Å². The molecule has 0 fully saturated rings. The number of fused-ring (bicyclic) bond motifs is 5. The van der Waals surface area contributed by atoms with Crippen LogP contribution in [-0.2, 0) is 0 Å². The lowest BCUT2D eigenvalue weighted by atomic mass is 9.95. The molecular weight excluding hydrogens is 591 g/mol. The maximum absolute atomic E-state index is 4.96. The van der Waals surface area contributed by atoms with Crippen LogP contribution in [0.2, 0.25) is 0 Å². The van der Waals surface area contributed by atoms with Crippen LogP contribution in [0.5, 0.6) is 0 Å². The minimum absolute atomic E-state index is 0.650. The molecule has 0 amide bonds. The third-order valence-corrected chi connectivity index (χ3v) is 9.92. The summed E-state index contributed by atoms with van der Waals surface area (Å²) in [6.45, 7) is 0. The van der Waals surface area contributed by atoms with Gasteiger partial charge >= 0.3 is 0 Å². The van der Waals surface area contributed by atoms with Gasteiger partial charge in [-0.3, -0.25) is 0 Å². The molecule has 3 nitrogen and oxygen atoms in total. The molecule has 2 aromatic heterocycles. The van der Waals surface area contributed by atoms with Gasteiger partial charge in [0.25, 0.3) is 0 Å². The average molecular weight is 618 g/mol. The summed E-state index contributed by atoms with van der Waals surface area (Å²) in [5, 5.41) is 5.22. The Kier molecular flexibility index (Phi) is 6.65. The molecule has 0 aliphatic carbocycles. The Morgan fingerprint density at radius 2 is 0.894 bits per heavy atom. The van der Waals surface area contributed by atoms with Crippen LogP contribution in [0, 0.1) is 0 Å². The van der Waals surface area contributed by atoms with Gasteiger partial charge in [0, 0.05) is 36.9 Å². The van der Waals surface area contributed by atoms with E-state index in [1.165, 1.54) is 42.1 Å².